The van der Waals surface area contributed by atoms with E-state index in [0.717, 1.165) is 12.3 Å². The van der Waals surface area contributed by atoms with Gasteiger partial charge in [-0.3, -0.25) is 0 Å². The molecule has 2 heterocycles. The second-order valence-corrected chi connectivity index (χ2v) is 5.57. The number of piperidine rings is 1. The van der Waals surface area contributed by atoms with Crippen LogP contribution in [0.15, 0.2) is 0 Å². The van der Waals surface area contributed by atoms with E-state index in [2.05, 4.69) is 18.7 Å². The van der Waals surface area contributed by atoms with Gasteiger partial charge in [0.05, 0.1) is 12.7 Å². The van der Waals surface area contributed by atoms with Crippen molar-refractivity contribution >= 4 is 0 Å². The van der Waals surface area contributed by atoms with E-state index >= 15 is 0 Å². The maximum atomic E-state index is 5.73. The monoisotopic (exact) mass is 242 g/mol. The summed E-state index contributed by atoms with van der Waals surface area (Å²) in [5.41, 5.74) is 5.57. The van der Waals surface area contributed by atoms with Crippen LogP contribution in [0.2, 0.25) is 0 Å². The van der Waals surface area contributed by atoms with E-state index in [1.54, 1.807) is 0 Å². The smallest absolute Gasteiger partial charge is 0.158 e. The van der Waals surface area contributed by atoms with E-state index in [4.69, 9.17) is 15.2 Å². The summed E-state index contributed by atoms with van der Waals surface area (Å²) in [5, 5.41) is 0. The zero-order valence-corrected chi connectivity index (χ0v) is 11.1. The van der Waals surface area contributed by atoms with Crippen LogP contribution in [0.1, 0.15) is 33.1 Å². The highest BCUT2D eigenvalue weighted by Crippen LogP contribution is 2.26. The highest BCUT2D eigenvalue weighted by molar-refractivity contribution is 4.77. The Hall–Kier alpha value is -0.160. The molecular weight excluding hydrogens is 216 g/mol. The lowest BCUT2D eigenvalue weighted by molar-refractivity contribution is -0.0746. The maximum Gasteiger partial charge on any atom is 0.158 e. The Bertz CT molecular complexity index is 227. The van der Waals surface area contributed by atoms with Crippen LogP contribution >= 0.6 is 0 Å². The molecule has 100 valence electrons. The molecular formula is C13H26N2O2. The van der Waals surface area contributed by atoms with E-state index in [1.807, 2.05) is 0 Å². The zero-order chi connectivity index (χ0) is 12.3. The van der Waals surface area contributed by atoms with Gasteiger partial charge in [-0.05, 0) is 45.7 Å². The Morgan fingerprint density at radius 2 is 2.00 bits per heavy atom. The van der Waals surface area contributed by atoms with Crippen molar-refractivity contribution in [2.45, 2.75) is 51.5 Å². The molecule has 0 bridgehead atoms. The normalized spacial score (nSPS) is 32.5. The van der Waals surface area contributed by atoms with Crippen LogP contribution in [0.25, 0.3) is 0 Å². The van der Waals surface area contributed by atoms with Crippen LogP contribution in [0.4, 0.5) is 0 Å². The molecule has 2 atom stereocenters. The van der Waals surface area contributed by atoms with Gasteiger partial charge in [0.2, 0.25) is 0 Å². The minimum absolute atomic E-state index is 0.000787. The van der Waals surface area contributed by atoms with Crippen LogP contribution in [0.5, 0.6) is 0 Å². The highest BCUT2D eigenvalue weighted by Gasteiger charge is 2.29. The Morgan fingerprint density at radius 1 is 1.29 bits per heavy atom. The van der Waals surface area contributed by atoms with Crippen LogP contribution in [-0.2, 0) is 9.47 Å². The van der Waals surface area contributed by atoms with Crippen molar-refractivity contribution < 1.29 is 9.47 Å². The van der Waals surface area contributed by atoms with Crippen molar-refractivity contribution in [1.29, 1.82) is 0 Å². The molecule has 2 aliphatic rings. The number of rotatable bonds is 4. The Balaban J connectivity index is 1.68. The molecule has 0 aliphatic carbocycles. The molecule has 2 fully saturated rings. The summed E-state index contributed by atoms with van der Waals surface area (Å²) in [4.78, 5) is 2.55. The van der Waals surface area contributed by atoms with E-state index < -0.39 is 0 Å². The second-order valence-electron chi connectivity index (χ2n) is 5.57. The van der Waals surface area contributed by atoms with Gasteiger partial charge in [-0.15, -0.1) is 0 Å². The summed E-state index contributed by atoms with van der Waals surface area (Å²) >= 11 is 0. The summed E-state index contributed by atoms with van der Waals surface area (Å²) in [6, 6.07) is 0.677. The maximum absolute atomic E-state index is 5.73. The fourth-order valence-electron chi connectivity index (χ4n) is 2.73. The standard InChI is InChI=1S/C13H26N2O2/c1-10(2)15-5-3-11(4-6-15)7-13-16-9-12(8-14)17-13/h10-13H,3-9,14H2,1-2H3. The highest BCUT2D eigenvalue weighted by atomic mass is 16.7. The van der Waals surface area contributed by atoms with Crippen molar-refractivity contribution in [3.05, 3.63) is 0 Å². The molecule has 4 nitrogen and oxygen atoms in total. The third kappa shape index (κ3) is 3.65. The molecule has 2 saturated heterocycles. The van der Waals surface area contributed by atoms with Gasteiger partial charge in [0.1, 0.15) is 0 Å². The van der Waals surface area contributed by atoms with Gasteiger partial charge in [-0.1, -0.05) is 0 Å². The van der Waals surface area contributed by atoms with Crippen LogP contribution in [0.3, 0.4) is 0 Å². The van der Waals surface area contributed by atoms with Crippen molar-refractivity contribution in [1.82, 2.24) is 4.90 Å². The predicted octanol–water partition coefficient (Wildman–Crippen LogP) is 1.20. The lowest BCUT2D eigenvalue weighted by Crippen LogP contribution is -2.39. The minimum atomic E-state index is -0.000787. The first-order valence-corrected chi connectivity index (χ1v) is 6.90. The number of nitrogens with zero attached hydrogens (tertiary/aromatic N) is 1. The van der Waals surface area contributed by atoms with Gasteiger partial charge in [-0.2, -0.15) is 0 Å². The molecule has 2 N–H and O–H groups in total. The lowest BCUT2D eigenvalue weighted by atomic mass is 9.92. The number of hydrogen-bond donors (Lipinski definition) is 1. The Labute approximate surface area is 104 Å². The van der Waals surface area contributed by atoms with Gasteiger partial charge in [0, 0.05) is 19.0 Å². The van der Waals surface area contributed by atoms with Crippen molar-refractivity contribution in [2.75, 3.05) is 26.2 Å². The molecule has 2 aliphatic heterocycles. The molecule has 17 heavy (non-hydrogen) atoms. The van der Waals surface area contributed by atoms with Crippen LogP contribution < -0.4 is 5.73 Å². The van der Waals surface area contributed by atoms with E-state index in [0.29, 0.717) is 19.2 Å². The van der Waals surface area contributed by atoms with E-state index in [9.17, 15) is 0 Å². The summed E-state index contributed by atoms with van der Waals surface area (Å²) in [5.74, 6) is 0.756. The SMILES string of the molecule is CC(C)N1CCC(CC2OCC(CN)O2)CC1. The molecule has 2 rings (SSSR count). The van der Waals surface area contributed by atoms with Gasteiger partial charge in [0.25, 0.3) is 0 Å². The molecule has 0 aromatic rings. The molecule has 0 radical (unpaired) electrons. The number of hydrogen-bond acceptors (Lipinski definition) is 4. The molecule has 0 saturated carbocycles. The fourth-order valence-corrected chi connectivity index (χ4v) is 2.73. The minimum Gasteiger partial charge on any atom is -0.350 e. The van der Waals surface area contributed by atoms with Gasteiger partial charge in [0.15, 0.2) is 6.29 Å². The number of nitrogens with two attached hydrogens (primary N) is 1. The van der Waals surface area contributed by atoms with Crippen LogP contribution in [0, 0.1) is 5.92 Å². The van der Waals surface area contributed by atoms with E-state index in [-0.39, 0.29) is 12.4 Å². The predicted molar refractivity (Wildman–Crippen MR) is 67.7 cm³/mol. The summed E-state index contributed by atoms with van der Waals surface area (Å²) in [6.07, 6.45) is 3.71. The zero-order valence-electron chi connectivity index (χ0n) is 11.1. The lowest BCUT2D eigenvalue weighted by Gasteiger charge is -2.35. The second kappa shape index (κ2) is 6.14. The molecule has 0 aromatic carbocycles. The molecule has 0 amide bonds. The number of likely N-dealkylation sites (tertiary alicyclic amines) is 1. The summed E-state index contributed by atoms with van der Waals surface area (Å²) in [6.45, 7) is 8.23. The Kier molecular flexibility index (Phi) is 4.79. The molecule has 2 unspecified atom stereocenters. The van der Waals surface area contributed by atoms with Gasteiger partial charge >= 0.3 is 0 Å². The third-order valence-electron chi connectivity index (χ3n) is 3.98. The van der Waals surface area contributed by atoms with Crippen molar-refractivity contribution in [3.63, 3.8) is 0 Å². The quantitative estimate of drug-likeness (QED) is 0.804. The molecule has 0 spiro atoms. The largest absolute Gasteiger partial charge is 0.350 e. The first-order chi connectivity index (χ1) is 8.19. The summed E-state index contributed by atoms with van der Waals surface area (Å²) < 4.78 is 11.3. The van der Waals surface area contributed by atoms with Crippen molar-refractivity contribution in [2.24, 2.45) is 11.7 Å². The summed E-state index contributed by atoms with van der Waals surface area (Å²) in [7, 11) is 0. The molecule has 0 aromatic heterocycles. The fraction of sp³-hybridized carbons (Fsp3) is 1.00. The third-order valence-corrected chi connectivity index (χ3v) is 3.98. The Morgan fingerprint density at radius 3 is 2.53 bits per heavy atom. The van der Waals surface area contributed by atoms with Gasteiger partial charge < -0.3 is 20.1 Å². The topological polar surface area (TPSA) is 47.7 Å². The number of ether oxygens (including phenoxy) is 2. The first kappa shape index (κ1) is 13.3. The van der Waals surface area contributed by atoms with Crippen molar-refractivity contribution in [3.8, 4) is 0 Å². The molecule has 4 heteroatoms. The van der Waals surface area contributed by atoms with Gasteiger partial charge in [-0.25, -0.2) is 0 Å². The van der Waals surface area contributed by atoms with E-state index in [1.165, 1.54) is 25.9 Å². The average molecular weight is 242 g/mol. The first-order valence-electron chi connectivity index (χ1n) is 6.90. The average Bonchev–Trinajstić information content (AvgIpc) is 2.77. The van der Waals surface area contributed by atoms with Crippen LogP contribution in [-0.4, -0.2) is 49.6 Å².